The highest BCUT2D eigenvalue weighted by atomic mass is 35.5. The van der Waals surface area contributed by atoms with Crippen molar-refractivity contribution >= 4 is 41.0 Å². The van der Waals surface area contributed by atoms with Crippen LogP contribution >= 0.6 is 11.6 Å². The predicted molar refractivity (Wildman–Crippen MR) is 197 cm³/mol. The number of benzene rings is 2. The Bertz CT molecular complexity index is 1760. The molecule has 0 aromatic heterocycles. The van der Waals surface area contributed by atoms with E-state index < -0.39 is 59.8 Å². The quantitative estimate of drug-likeness (QED) is 0.300. The minimum atomic E-state index is -1.80. The van der Waals surface area contributed by atoms with Crippen LogP contribution in [0.5, 0.6) is 5.75 Å². The van der Waals surface area contributed by atoms with Crippen molar-refractivity contribution in [3.05, 3.63) is 88.5 Å². The van der Waals surface area contributed by atoms with Gasteiger partial charge in [-0.1, -0.05) is 78.7 Å². The predicted octanol–water partition coefficient (Wildman–Crippen LogP) is 6.08. The smallest absolute Gasteiger partial charge is 0.409 e. The molecule has 0 unspecified atom stereocenters. The summed E-state index contributed by atoms with van der Waals surface area (Å²) in [4.78, 5) is 41.6. The number of amides is 3. The number of rotatable bonds is 6. The van der Waals surface area contributed by atoms with Crippen molar-refractivity contribution in [3.8, 4) is 5.75 Å². The molecule has 5 rings (SSSR count). The topological polar surface area (TPSA) is 148 Å². The van der Waals surface area contributed by atoms with Gasteiger partial charge in [0.05, 0.1) is 25.3 Å². The summed E-state index contributed by atoms with van der Waals surface area (Å²) in [6.45, 7) is 11.6. The standard InChI is InChI=1S/C39H48ClN3O9/c1-22(2)27-14-12-25(13-15-27)21-41-36(45)51-32-19-33(44)43(6)28-17-26(18-29(48-7)34(28)40)16-23(3)10-9-11-31(49-8)39(47)20-30(50-37(46)42-39)24(4)35-38(32,5)52-35/h9-15,17-18,24,30-32,35,47H,1,16,19-21H2,2-8H3,(H,41,45)(H,42,46)/b11-9+,23-10+/t24-,30+,31-,32+,35+,38+,39+/m1/s1. The van der Waals surface area contributed by atoms with Gasteiger partial charge in [-0.2, -0.15) is 0 Å². The van der Waals surface area contributed by atoms with Crippen LogP contribution in [0.4, 0.5) is 15.3 Å². The second-order valence-electron chi connectivity index (χ2n) is 14.0. The molecular weight excluding hydrogens is 690 g/mol. The zero-order valence-corrected chi connectivity index (χ0v) is 31.4. The highest BCUT2D eigenvalue weighted by Gasteiger charge is 2.64. The summed E-state index contributed by atoms with van der Waals surface area (Å²) >= 11 is 6.75. The normalized spacial score (nSPS) is 30.8. The number of alkyl carbamates (subject to hydrolysis) is 2. The van der Waals surface area contributed by atoms with Gasteiger partial charge in [0.15, 0.2) is 5.72 Å². The number of halogens is 1. The van der Waals surface area contributed by atoms with Crippen molar-refractivity contribution in [1.82, 2.24) is 10.6 Å². The van der Waals surface area contributed by atoms with Crippen LogP contribution in [0.2, 0.25) is 5.02 Å². The number of nitrogens with one attached hydrogen (secondary N) is 2. The Balaban J connectivity index is 1.49. The summed E-state index contributed by atoms with van der Waals surface area (Å²) in [5.41, 5.74) is 1.99. The SMILES string of the molecule is C=C(C)c1ccc(CNC(=O)O[C@H]2CC(=O)N(C)c3cc(cc(OC)c3Cl)C/C(C)=C/C=C/[C@@H](OC)[C@@]3(O)C[C@H](OC(=O)N3)[C@@H](C)[C@@H]3O[C@@]23C)cc1. The number of anilines is 1. The summed E-state index contributed by atoms with van der Waals surface area (Å²) in [6.07, 6.45) is 0.522. The first-order valence-corrected chi connectivity index (χ1v) is 17.5. The van der Waals surface area contributed by atoms with Gasteiger partial charge >= 0.3 is 12.2 Å². The van der Waals surface area contributed by atoms with E-state index in [1.54, 1.807) is 32.2 Å². The minimum Gasteiger partial charge on any atom is -0.495 e. The molecule has 3 aliphatic rings. The van der Waals surface area contributed by atoms with E-state index in [9.17, 15) is 19.5 Å². The van der Waals surface area contributed by atoms with E-state index in [0.29, 0.717) is 17.9 Å². The van der Waals surface area contributed by atoms with Crippen LogP contribution < -0.4 is 20.3 Å². The van der Waals surface area contributed by atoms with E-state index in [2.05, 4.69) is 17.2 Å². The summed E-state index contributed by atoms with van der Waals surface area (Å²) < 4.78 is 29.1. The summed E-state index contributed by atoms with van der Waals surface area (Å²) in [6, 6.07) is 11.2. The monoisotopic (exact) mass is 737 g/mol. The average molecular weight is 738 g/mol. The molecule has 3 amide bonds. The number of hydrogen-bond donors (Lipinski definition) is 3. The maximum atomic E-state index is 14.1. The van der Waals surface area contributed by atoms with Gasteiger partial charge in [-0.25, -0.2) is 9.59 Å². The molecule has 52 heavy (non-hydrogen) atoms. The number of hydrogen-bond acceptors (Lipinski definition) is 9. The summed E-state index contributed by atoms with van der Waals surface area (Å²) in [5.74, 6) is -0.490. The molecule has 2 aromatic rings. The summed E-state index contributed by atoms with van der Waals surface area (Å²) in [5, 5.41) is 17.3. The van der Waals surface area contributed by atoms with Gasteiger partial charge in [0, 0.05) is 33.0 Å². The maximum absolute atomic E-state index is 14.1. The molecule has 4 bridgehead atoms. The average Bonchev–Trinajstić information content (AvgIpc) is 3.80. The largest absolute Gasteiger partial charge is 0.495 e. The Morgan fingerprint density at radius 1 is 1.21 bits per heavy atom. The number of methoxy groups -OCH3 is 2. The highest BCUT2D eigenvalue weighted by molar-refractivity contribution is 6.35. The lowest BCUT2D eigenvalue weighted by atomic mass is 9.83. The number of nitrogens with zero attached hydrogens (tertiary/aromatic N) is 1. The molecule has 0 saturated carbocycles. The van der Waals surface area contributed by atoms with Gasteiger partial charge in [0.2, 0.25) is 5.91 Å². The minimum absolute atomic E-state index is 0.0244. The molecule has 2 fully saturated rings. The van der Waals surface area contributed by atoms with Gasteiger partial charge < -0.3 is 39.0 Å². The van der Waals surface area contributed by atoms with Crippen LogP contribution in [0.15, 0.2) is 66.8 Å². The van der Waals surface area contributed by atoms with Gasteiger partial charge in [-0.15, -0.1) is 0 Å². The van der Waals surface area contributed by atoms with Crippen molar-refractivity contribution < 1.29 is 43.2 Å². The lowest BCUT2D eigenvalue weighted by Crippen LogP contribution is -2.63. The molecule has 3 N–H and O–H groups in total. The first kappa shape index (κ1) is 38.9. The Morgan fingerprint density at radius 2 is 1.92 bits per heavy atom. The van der Waals surface area contributed by atoms with Crippen molar-refractivity contribution in [2.75, 3.05) is 26.2 Å². The van der Waals surface area contributed by atoms with Crippen LogP contribution in [0, 0.1) is 5.92 Å². The van der Waals surface area contributed by atoms with Gasteiger partial charge in [-0.3, -0.25) is 10.1 Å². The van der Waals surface area contributed by atoms with Crippen LogP contribution in [-0.4, -0.2) is 80.2 Å². The number of epoxide rings is 1. The first-order valence-electron chi connectivity index (χ1n) is 17.2. The highest BCUT2D eigenvalue weighted by Crippen LogP contribution is 2.49. The molecule has 13 heteroatoms. The van der Waals surface area contributed by atoms with E-state index in [4.69, 9.17) is 35.3 Å². The van der Waals surface area contributed by atoms with Gasteiger partial charge in [-0.05, 0) is 56.0 Å². The van der Waals surface area contributed by atoms with Crippen LogP contribution in [-0.2, 0) is 36.7 Å². The molecule has 0 aliphatic carbocycles. The molecule has 12 nitrogen and oxygen atoms in total. The molecule has 280 valence electrons. The lowest BCUT2D eigenvalue weighted by molar-refractivity contribution is -0.142. The number of allylic oxidation sites excluding steroid dienone is 4. The van der Waals surface area contributed by atoms with Crippen LogP contribution in [0.1, 0.15) is 57.2 Å². The fraction of sp³-hybridized carbons (Fsp3) is 0.462. The second-order valence-corrected chi connectivity index (χ2v) is 14.4. The number of aliphatic hydroxyl groups is 1. The van der Waals surface area contributed by atoms with E-state index in [0.717, 1.165) is 27.8 Å². The number of carbonyl (C=O) groups excluding carboxylic acids is 3. The second kappa shape index (κ2) is 15.7. The Hall–Kier alpha value is -4.36. The third kappa shape index (κ3) is 8.47. The van der Waals surface area contributed by atoms with E-state index in [1.807, 2.05) is 57.2 Å². The van der Waals surface area contributed by atoms with Crippen LogP contribution in [0.3, 0.4) is 0 Å². The van der Waals surface area contributed by atoms with E-state index >= 15 is 0 Å². The Labute approximate surface area is 309 Å². The Morgan fingerprint density at radius 3 is 2.58 bits per heavy atom. The van der Waals surface area contributed by atoms with Crippen molar-refractivity contribution in [2.24, 2.45) is 5.92 Å². The number of fused-ring (bicyclic) bond motifs is 5. The zero-order valence-electron chi connectivity index (χ0n) is 30.7. The first-order chi connectivity index (χ1) is 24.6. The van der Waals surface area contributed by atoms with Crippen molar-refractivity contribution in [2.45, 2.75) is 89.2 Å². The van der Waals surface area contributed by atoms with Crippen molar-refractivity contribution in [3.63, 3.8) is 0 Å². The van der Waals surface area contributed by atoms with E-state index in [1.165, 1.54) is 19.1 Å². The molecule has 2 saturated heterocycles. The third-order valence-electron chi connectivity index (χ3n) is 10.1. The molecule has 7 atom stereocenters. The maximum Gasteiger partial charge on any atom is 0.409 e. The molecule has 3 aliphatic heterocycles. The summed E-state index contributed by atoms with van der Waals surface area (Å²) in [7, 11) is 4.55. The Kier molecular flexibility index (Phi) is 11.7. The molecule has 0 spiro atoms. The van der Waals surface area contributed by atoms with Gasteiger partial charge in [0.1, 0.15) is 34.7 Å². The van der Waals surface area contributed by atoms with Gasteiger partial charge in [0.25, 0.3) is 0 Å². The van der Waals surface area contributed by atoms with Crippen LogP contribution in [0.25, 0.3) is 5.57 Å². The van der Waals surface area contributed by atoms with E-state index in [-0.39, 0.29) is 24.4 Å². The number of ether oxygens (including phenoxy) is 5. The third-order valence-corrected chi connectivity index (χ3v) is 10.5. The fourth-order valence-electron chi connectivity index (χ4n) is 6.86. The number of carbonyl (C=O) groups is 3. The molecule has 3 heterocycles. The molecule has 2 aromatic carbocycles. The fourth-order valence-corrected chi connectivity index (χ4v) is 7.17. The molecular formula is C39H48ClN3O9. The zero-order chi connectivity index (χ0) is 38.0. The van der Waals surface area contributed by atoms with Crippen molar-refractivity contribution in [1.29, 1.82) is 0 Å². The lowest BCUT2D eigenvalue weighted by Gasteiger charge is -2.42. The molecule has 0 radical (unpaired) electrons.